The number of ether oxygens (including phenoxy) is 1. The van der Waals surface area contributed by atoms with Crippen molar-refractivity contribution >= 4 is 17.7 Å². The Morgan fingerprint density at radius 1 is 1.16 bits per heavy atom. The molecule has 0 radical (unpaired) electrons. The fourth-order valence-electron chi connectivity index (χ4n) is 2.30. The molecule has 0 fully saturated rings. The summed E-state index contributed by atoms with van der Waals surface area (Å²) >= 11 is 1.56. The number of hydrogen-bond donors (Lipinski definition) is 2. The van der Waals surface area contributed by atoms with Crippen molar-refractivity contribution in [2.75, 3.05) is 18.9 Å². The second kappa shape index (κ2) is 10.1. The fourth-order valence-corrected chi connectivity index (χ4v) is 3.11. The first-order chi connectivity index (χ1) is 12.0. The highest BCUT2D eigenvalue weighted by Crippen LogP contribution is 2.14. The zero-order chi connectivity index (χ0) is 18.1. The van der Waals surface area contributed by atoms with E-state index in [1.54, 1.807) is 11.8 Å². The average Bonchev–Trinajstić information content (AvgIpc) is 2.58. The highest BCUT2D eigenvalue weighted by molar-refractivity contribution is 7.99. The Labute approximate surface area is 153 Å². The number of thioether (sulfide) groups is 1. The van der Waals surface area contributed by atoms with Crippen molar-refractivity contribution < 1.29 is 14.6 Å². The maximum Gasteiger partial charge on any atom is 0.230 e. The smallest absolute Gasteiger partial charge is 0.230 e. The predicted octanol–water partition coefficient (Wildman–Crippen LogP) is 3.09. The lowest BCUT2D eigenvalue weighted by Gasteiger charge is -2.13. The highest BCUT2D eigenvalue weighted by atomic mass is 32.2. The molecule has 2 aromatic carbocycles. The normalized spacial score (nSPS) is 11.8. The molecule has 0 saturated heterocycles. The summed E-state index contributed by atoms with van der Waals surface area (Å²) in [5, 5.41) is 12.7. The van der Waals surface area contributed by atoms with Crippen LogP contribution in [0.15, 0.2) is 48.5 Å². The molecule has 0 saturated carbocycles. The van der Waals surface area contributed by atoms with Gasteiger partial charge in [0.25, 0.3) is 0 Å². The van der Waals surface area contributed by atoms with E-state index in [2.05, 4.69) is 30.4 Å². The van der Waals surface area contributed by atoms with Crippen LogP contribution >= 0.6 is 11.8 Å². The van der Waals surface area contributed by atoms with Crippen LogP contribution in [-0.4, -0.2) is 36.0 Å². The molecule has 2 rings (SSSR count). The van der Waals surface area contributed by atoms with Gasteiger partial charge in [-0.1, -0.05) is 42.0 Å². The van der Waals surface area contributed by atoms with Gasteiger partial charge in [0.1, 0.15) is 18.5 Å². The molecule has 1 amide bonds. The number of carbonyl (C=O) groups is 1. The lowest BCUT2D eigenvalue weighted by Crippen LogP contribution is -2.36. The first kappa shape index (κ1) is 19.3. The number of carbonyl (C=O) groups excluding carboxylic acids is 1. The zero-order valence-electron chi connectivity index (χ0n) is 14.7. The summed E-state index contributed by atoms with van der Waals surface area (Å²) < 4.78 is 5.52. The number of hydrogen-bond acceptors (Lipinski definition) is 4. The maximum atomic E-state index is 11.8. The molecular weight excluding hydrogens is 334 g/mol. The monoisotopic (exact) mass is 359 g/mol. The summed E-state index contributed by atoms with van der Waals surface area (Å²) in [6.45, 7) is 4.38. The summed E-state index contributed by atoms with van der Waals surface area (Å²) in [5.74, 6) is 1.82. The van der Waals surface area contributed by atoms with Gasteiger partial charge >= 0.3 is 0 Å². The van der Waals surface area contributed by atoms with Crippen LogP contribution in [0.1, 0.15) is 16.7 Å². The lowest BCUT2D eigenvalue weighted by molar-refractivity contribution is -0.119. The van der Waals surface area contributed by atoms with Gasteiger partial charge in [0.05, 0.1) is 5.75 Å². The Morgan fingerprint density at radius 2 is 1.88 bits per heavy atom. The van der Waals surface area contributed by atoms with E-state index < -0.39 is 6.10 Å². The van der Waals surface area contributed by atoms with Crippen LogP contribution in [0.4, 0.5) is 0 Å². The summed E-state index contributed by atoms with van der Waals surface area (Å²) in [6, 6.07) is 15.9. The topological polar surface area (TPSA) is 58.6 Å². The zero-order valence-corrected chi connectivity index (χ0v) is 15.5. The van der Waals surface area contributed by atoms with Gasteiger partial charge in [-0.05, 0) is 37.1 Å². The van der Waals surface area contributed by atoms with Gasteiger partial charge < -0.3 is 15.2 Å². The molecule has 2 aromatic rings. The van der Waals surface area contributed by atoms with E-state index in [4.69, 9.17) is 4.74 Å². The SMILES string of the molecule is Cc1cccc(CSCC(=O)NCC(O)COc2cccc(C)c2)c1. The highest BCUT2D eigenvalue weighted by Gasteiger charge is 2.08. The second-order valence-corrected chi connectivity index (χ2v) is 7.05. The molecule has 1 unspecified atom stereocenters. The van der Waals surface area contributed by atoms with E-state index in [0.29, 0.717) is 5.75 Å². The molecule has 0 aliphatic rings. The Hall–Kier alpha value is -1.98. The standard InChI is InChI=1S/C20H25NO3S/c1-15-5-3-7-17(9-15)13-25-14-20(23)21-11-18(22)12-24-19-8-4-6-16(2)10-19/h3-10,18,22H,11-14H2,1-2H3,(H,21,23). The van der Waals surface area contributed by atoms with E-state index in [0.717, 1.165) is 17.1 Å². The van der Waals surface area contributed by atoms with Crippen LogP contribution in [0.2, 0.25) is 0 Å². The Kier molecular flexibility index (Phi) is 7.82. The van der Waals surface area contributed by atoms with Gasteiger partial charge in [-0.25, -0.2) is 0 Å². The molecule has 0 aliphatic carbocycles. The lowest BCUT2D eigenvalue weighted by atomic mass is 10.2. The fraction of sp³-hybridized carbons (Fsp3) is 0.350. The molecule has 4 nitrogen and oxygen atoms in total. The van der Waals surface area contributed by atoms with Gasteiger partial charge in [-0.3, -0.25) is 4.79 Å². The third-order valence-electron chi connectivity index (χ3n) is 3.55. The number of aryl methyl sites for hydroxylation is 2. The average molecular weight is 359 g/mol. The van der Waals surface area contributed by atoms with Crippen molar-refractivity contribution in [3.63, 3.8) is 0 Å². The van der Waals surface area contributed by atoms with Crippen molar-refractivity contribution in [1.82, 2.24) is 5.32 Å². The Balaban J connectivity index is 1.60. The first-order valence-corrected chi connectivity index (χ1v) is 9.46. The number of benzene rings is 2. The summed E-state index contributed by atoms with van der Waals surface area (Å²) in [6.07, 6.45) is -0.730. The Morgan fingerprint density at radius 3 is 2.60 bits per heavy atom. The minimum absolute atomic E-state index is 0.0766. The second-order valence-electron chi connectivity index (χ2n) is 6.07. The van der Waals surface area contributed by atoms with Crippen LogP contribution in [0.25, 0.3) is 0 Å². The van der Waals surface area contributed by atoms with E-state index >= 15 is 0 Å². The number of nitrogens with one attached hydrogen (secondary N) is 1. The molecule has 0 aromatic heterocycles. The molecule has 5 heteroatoms. The van der Waals surface area contributed by atoms with Gasteiger partial charge in [0.15, 0.2) is 0 Å². The van der Waals surface area contributed by atoms with Crippen LogP contribution < -0.4 is 10.1 Å². The molecule has 2 N–H and O–H groups in total. The van der Waals surface area contributed by atoms with Crippen molar-refractivity contribution in [3.05, 3.63) is 65.2 Å². The molecule has 0 heterocycles. The minimum Gasteiger partial charge on any atom is -0.491 e. The predicted molar refractivity (Wildman–Crippen MR) is 103 cm³/mol. The largest absolute Gasteiger partial charge is 0.491 e. The van der Waals surface area contributed by atoms with Crippen LogP contribution in [-0.2, 0) is 10.5 Å². The van der Waals surface area contributed by atoms with E-state index in [1.165, 1.54) is 11.1 Å². The molecule has 0 spiro atoms. The van der Waals surface area contributed by atoms with Crippen molar-refractivity contribution in [2.45, 2.75) is 25.7 Å². The van der Waals surface area contributed by atoms with E-state index in [-0.39, 0.29) is 19.1 Å². The summed E-state index contributed by atoms with van der Waals surface area (Å²) in [4.78, 5) is 11.8. The van der Waals surface area contributed by atoms with Crippen LogP contribution in [0.5, 0.6) is 5.75 Å². The van der Waals surface area contributed by atoms with Crippen LogP contribution in [0, 0.1) is 13.8 Å². The molecular formula is C20H25NO3S. The van der Waals surface area contributed by atoms with Crippen molar-refractivity contribution in [3.8, 4) is 5.75 Å². The van der Waals surface area contributed by atoms with Crippen molar-refractivity contribution in [1.29, 1.82) is 0 Å². The molecule has 134 valence electrons. The van der Waals surface area contributed by atoms with Crippen LogP contribution in [0.3, 0.4) is 0 Å². The molecule has 1 atom stereocenters. The molecule has 25 heavy (non-hydrogen) atoms. The third-order valence-corrected chi connectivity index (χ3v) is 4.55. The summed E-state index contributed by atoms with van der Waals surface area (Å²) in [5.41, 5.74) is 3.54. The van der Waals surface area contributed by atoms with Gasteiger partial charge in [0, 0.05) is 12.3 Å². The first-order valence-electron chi connectivity index (χ1n) is 8.30. The third kappa shape index (κ3) is 7.63. The number of aliphatic hydroxyl groups is 1. The maximum absolute atomic E-state index is 11.8. The van der Waals surface area contributed by atoms with Gasteiger partial charge in [-0.15, -0.1) is 11.8 Å². The Bertz CT molecular complexity index is 690. The van der Waals surface area contributed by atoms with Gasteiger partial charge in [-0.2, -0.15) is 0 Å². The number of aliphatic hydroxyl groups excluding tert-OH is 1. The number of rotatable bonds is 9. The molecule has 0 aliphatic heterocycles. The molecule has 0 bridgehead atoms. The van der Waals surface area contributed by atoms with E-state index in [1.807, 2.05) is 37.3 Å². The van der Waals surface area contributed by atoms with Gasteiger partial charge in [0.2, 0.25) is 5.91 Å². The minimum atomic E-state index is -0.730. The van der Waals surface area contributed by atoms with E-state index in [9.17, 15) is 9.90 Å². The van der Waals surface area contributed by atoms with Crippen molar-refractivity contribution in [2.24, 2.45) is 0 Å². The number of amides is 1. The summed E-state index contributed by atoms with van der Waals surface area (Å²) in [7, 11) is 0. The quantitative estimate of drug-likeness (QED) is 0.722.